The molecule has 0 saturated carbocycles. The first kappa shape index (κ1) is 21.1. The van der Waals surface area contributed by atoms with E-state index in [0.717, 1.165) is 32.4 Å². The van der Waals surface area contributed by atoms with Crippen molar-refractivity contribution in [2.24, 2.45) is 5.92 Å². The van der Waals surface area contributed by atoms with Gasteiger partial charge in [0.2, 0.25) is 0 Å². The second kappa shape index (κ2) is 8.94. The van der Waals surface area contributed by atoms with E-state index in [4.69, 9.17) is 4.74 Å². The highest BCUT2D eigenvalue weighted by Gasteiger charge is 2.31. The van der Waals surface area contributed by atoms with Gasteiger partial charge in [0, 0.05) is 19.6 Å². The van der Waals surface area contributed by atoms with Crippen LogP contribution in [0.2, 0.25) is 0 Å². The lowest BCUT2D eigenvalue weighted by atomic mass is 9.98. The quantitative estimate of drug-likeness (QED) is 0.461. The standard InChI is InChI=1S/C23H25BrN2O3S/c1-3-29-23(28)17-8-5-9-25(14-17)22(27)19-11-20-18(12-21(24)30-20)26(19)13-16-7-4-6-15(2)10-16/h4,6-7,10-12,17H,3,5,8-9,13-14H2,1-2H3/t17-/m1/s1. The average molecular weight is 489 g/mol. The Morgan fingerprint density at radius 1 is 1.27 bits per heavy atom. The number of ether oxygens (including phenoxy) is 1. The zero-order valence-electron chi connectivity index (χ0n) is 17.2. The number of halogens is 1. The van der Waals surface area contributed by atoms with E-state index in [1.54, 1.807) is 11.3 Å². The van der Waals surface area contributed by atoms with Gasteiger partial charge in [-0.2, -0.15) is 0 Å². The van der Waals surface area contributed by atoms with Crippen molar-refractivity contribution >= 4 is 49.4 Å². The van der Waals surface area contributed by atoms with Gasteiger partial charge >= 0.3 is 5.97 Å². The molecule has 158 valence electrons. The molecule has 3 aromatic rings. The molecule has 1 atom stereocenters. The summed E-state index contributed by atoms with van der Waals surface area (Å²) in [6.07, 6.45) is 1.59. The molecule has 0 unspecified atom stereocenters. The van der Waals surface area contributed by atoms with Crippen molar-refractivity contribution in [3.63, 3.8) is 0 Å². The Morgan fingerprint density at radius 2 is 2.10 bits per heavy atom. The van der Waals surface area contributed by atoms with Crippen LogP contribution in [0.4, 0.5) is 0 Å². The van der Waals surface area contributed by atoms with Crippen LogP contribution in [-0.4, -0.2) is 41.0 Å². The molecule has 4 rings (SSSR count). The second-order valence-corrected chi connectivity index (χ2v) is 10.2. The van der Waals surface area contributed by atoms with E-state index in [1.165, 1.54) is 5.56 Å². The first-order valence-corrected chi connectivity index (χ1v) is 11.9. The number of thiophene rings is 1. The number of fused-ring (bicyclic) bond motifs is 1. The first-order valence-electron chi connectivity index (χ1n) is 10.3. The Labute approximate surface area is 188 Å². The summed E-state index contributed by atoms with van der Waals surface area (Å²) in [5.74, 6) is -0.454. The van der Waals surface area contributed by atoms with E-state index in [2.05, 4.69) is 51.7 Å². The number of likely N-dealkylation sites (tertiary alicyclic amines) is 1. The molecule has 0 bridgehead atoms. The van der Waals surface area contributed by atoms with E-state index in [0.29, 0.717) is 31.9 Å². The predicted molar refractivity (Wildman–Crippen MR) is 123 cm³/mol. The molecule has 3 heterocycles. The summed E-state index contributed by atoms with van der Waals surface area (Å²) < 4.78 is 9.42. The fraction of sp³-hybridized carbons (Fsp3) is 0.391. The van der Waals surface area contributed by atoms with Crippen LogP contribution in [0.5, 0.6) is 0 Å². The SMILES string of the molecule is CCOC(=O)[C@@H]1CCCN(C(=O)c2cc3sc(Br)cc3n2Cc2cccc(C)c2)C1. The van der Waals surface area contributed by atoms with Gasteiger partial charge in [0.15, 0.2) is 0 Å². The molecule has 1 saturated heterocycles. The molecule has 0 N–H and O–H groups in total. The topological polar surface area (TPSA) is 51.5 Å². The van der Waals surface area contributed by atoms with E-state index < -0.39 is 0 Å². The smallest absolute Gasteiger partial charge is 0.310 e. The summed E-state index contributed by atoms with van der Waals surface area (Å²) in [7, 11) is 0. The Bertz CT molecular complexity index is 1090. The van der Waals surface area contributed by atoms with Gasteiger partial charge in [-0.15, -0.1) is 11.3 Å². The number of esters is 1. The zero-order valence-corrected chi connectivity index (χ0v) is 19.6. The predicted octanol–water partition coefficient (Wildman–Crippen LogP) is 5.24. The van der Waals surface area contributed by atoms with E-state index in [9.17, 15) is 9.59 Å². The molecule has 7 heteroatoms. The molecule has 2 aromatic heterocycles. The maximum atomic E-state index is 13.5. The molecule has 30 heavy (non-hydrogen) atoms. The lowest BCUT2D eigenvalue weighted by molar-refractivity contribution is -0.149. The maximum absolute atomic E-state index is 13.5. The summed E-state index contributed by atoms with van der Waals surface area (Å²) >= 11 is 5.20. The Hall–Kier alpha value is -2.12. The van der Waals surface area contributed by atoms with Crippen LogP contribution in [0.3, 0.4) is 0 Å². The molecule has 1 aliphatic rings. The molecular formula is C23H25BrN2O3S. The summed E-state index contributed by atoms with van der Waals surface area (Å²) in [4.78, 5) is 27.5. The fourth-order valence-corrected chi connectivity index (χ4v) is 5.69. The van der Waals surface area contributed by atoms with E-state index >= 15 is 0 Å². The van der Waals surface area contributed by atoms with Crippen LogP contribution < -0.4 is 0 Å². The monoisotopic (exact) mass is 488 g/mol. The summed E-state index contributed by atoms with van der Waals surface area (Å²) in [6, 6.07) is 12.4. The average Bonchev–Trinajstić information content (AvgIpc) is 3.25. The van der Waals surface area contributed by atoms with Crippen LogP contribution in [0.1, 0.15) is 41.4 Å². The number of carbonyl (C=O) groups is 2. The molecule has 1 fully saturated rings. The molecular weight excluding hydrogens is 464 g/mol. The Morgan fingerprint density at radius 3 is 2.87 bits per heavy atom. The molecule has 1 amide bonds. The van der Waals surface area contributed by atoms with Crippen molar-refractivity contribution in [3.8, 4) is 0 Å². The molecule has 5 nitrogen and oxygen atoms in total. The minimum atomic E-state index is -0.238. The lowest BCUT2D eigenvalue weighted by Crippen LogP contribution is -2.43. The van der Waals surface area contributed by atoms with Crippen molar-refractivity contribution in [2.75, 3.05) is 19.7 Å². The summed E-state index contributed by atoms with van der Waals surface area (Å²) in [5.41, 5.74) is 4.08. The van der Waals surface area contributed by atoms with E-state index in [1.807, 2.05) is 24.0 Å². The van der Waals surface area contributed by atoms with Crippen molar-refractivity contribution < 1.29 is 14.3 Å². The van der Waals surface area contributed by atoms with Crippen LogP contribution in [-0.2, 0) is 16.1 Å². The van der Waals surface area contributed by atoms with E-state index in [-0.39, 0.29) is 17.8 Å². The molecule has 0 aliphatic carbocycles. The van der Waals surface area contributed by atoms with Crippen molar-refractivity contribution in [3.05, 3.63) is 57.0 Å². The number of hydrogen-bond donors (Lipinski definition) is 0. The summed E-state index contributed by atoms with van der Waals surface area (Å²) in [5, 5.41) is 0. The Balaban J connectivity index is 1.65. The minimum Gasteiger partial charge on any atom is -0.466 e. The highest BCUT2D eigenvalue weighted by atomic mass is 79.9. The number of aryl methyl sites for hydroxylation is 1. The number of aromatic nitrogens is 1. The van der Waals surface area contributed by atoms with Crippen molar-refractivity contribution in [1.82, 2.24) is 9.47 Å². The highest BCUT2D eigenvalue weighted by Crippen LogP contribution is 2.34. The van der Waals surface area contributed by atoms with Crippen molar-refractivity contribution in [2.45, 2.75) is 33.2 Å². The zero-order chi connectivity index (χ0) is 21.3. The summed E-state index contributed by atoms with van der Waals surface area (Å²) in [6.45, 7) is 5.97. The van der Waals surface area contributed by atoms with Crippen LogP contribution in [0, 0.1) is 12.8 Å². The molecule has 0 radical (unpaired) electrons. The third-order valence-electron chi connectivity index (χ3n) is 5.53. The Kier molecular flexibility index (Phi) is 6.29. The van der Waals surface area contributed by atoms with Gasteiger partial charge in [0.1, 0.15) is 5.69 Å². The van der Waals surface area contributed by atoms with Gasteiger partial charge in [-0.25, -0.2) is 0 Å². The molecule has 1 aromatic carbocycles. The number of hydrogen-bond acceptors (Lipinski definition) is 4. The van der Waals surface area contributed by atoms with Gasteiger partial charge in [0.25, 0.3) is 5.91 Å². The fourth-order valence-electron chi connectivity index (χ4n) is 4.13. The maximum Gasteiger partial charge on any atom is 0.310 e. The van der Waals surface area contributed by atoms with Crippen molar-refractivity contribution in [1.29, 1.82) is 0 Å². The van der Waals surface area contributed by atoms with Gasteiger partial charge in [-0.1, -0.05) is 29.8 Å². The highest BCUT2D eigenvalue weighted by molar-refractivity contribution is 9.11. The van der Waals surface area contributed by atoms with Crippen LogP contribution >= 0.6 is 27.3 Å². The number of nitrogens with zero attached hydrogens (tertiary/aromatic N) is 2. The molecule has 1 aliphatic heterocycles. The first-order chi connectivity index (χ1) is 14.5. The number of carbonyl (C=O) groups excluding carboxylic acids is 2. The third kappa shape index (κ3) is 4.32. The van der Waals surface area contributed by atoms with Crippen LogP contribution in [0.25, 0.3) is 10.2 Å². The minimum absolute atomic E-state index is 0.0174. The van der Waals surface area contributed by atoms with Gasteiger partial charge < -0.3 is 14.2 Å². The number of piperidine rings is 1. The lowest BCUT2D eigenvalue weighted by Gasteiger charge is -2.31. The number of rotatable bonds is 5. The number of benzene rings is 1. The number of amides is 1. The van der Waals surface area contributed by atoms with Crippen LogP contribution in [0.15, 0.2) is 40.2 Å². The second-order valence-electron chi connectivity index (χ2n) is 7.75. The van der Waals surface area contributed by atoms with Gasteiger partial charge in [0.05, 0.1) is 26.5 Å². The normalized spacial score (nSPS) is 16.8. The van der Waals surface area contributed by atoms with Gasteiger partial charge in [-0.05, 0) is 60.3 Å². The molecule has 0 spiro atoms. The van der Waals surface area contributed by atoms with Gasteiger partial charge in [-0.3, -0.25) is 9.59 Å². The third-order valence-corrected chi connectivity index (χ3v) is 7.10. The largest absolute Gasteiger partial charge is 0.466 e.